The van der Waals surface area contributed by atoms with E-state index in [1.54, 1.807) is 12.1 Å². The SMILES string of the molecule is C/C=C/CCNS(=O)(=O)c1ccc(CNC2CC2)cc1. The van der Waals surface area contributed by atoms with Crippen molar-refractivity contribution in [2.75, 3.05) is 6.54 Å². The highest BCUT2D eigenvalue weighted by Crippen LogP contribution is 2.19. The van der Waals surface area contributed by atoms with Gasteiger partial charge in [0.1, 0.15) is 0 Å². The Morgan fingerprint density at radius 3 is 2.55 bits per heavy atom. The molecule has 0 unspecified atom stereocenters. The lowest BCUT2D eigenvalue weighted by molar-refractivity contribution is 0.582. The van der Waals surface area contributed by atoms with Gasteiger partial charge in [0.2, 0.25) is 10.0 Å². The van der Waals surface area contributed by atoms with Crippen molar-refractivity contribution < 1.29 is 8.42 Å². The van der Waals surface area contributed by atoms with Crippen LogP contribution in [0.2, 0.25) is 0 Å². The highest BCUT2D eigenvalue weighted by Gasteiger charge is 2.20. The van der Waals surface area contributed by atoms with E-state index in [9.17, 15) is 8.42 Å². The number of benzene rings is 1. The zero-order valence-electron chi connectivity index (χ0n) is 11.8. The second-order valence-corrected chi connectivity index (χ2v) is 6.82. The molecule has 1 aliphatic rings. The number of rotatable bonds is 8. The molecule has 1 aromatic carbocycles. The van der Waals surface area contributed by atoms with Gasteiger partial charge in [0.25, 0.3) is 0 Å². The van der Waals surface area contributed by atoms with Gasteiger partial charge in [-0.2, -0.15) is 0 Å². The standard InChI is InChI=1S/C15H22N2O2S/c1-2-3-4-11-17-20(18,19)15-9-5-13(6-10-15)12-16-14-7-8-14/h2-3,5-6,9-10,14,16-17H,4,7-8,11-12H2,1H3/b3-2+. The molecule has 1 aliphatic carbocycles. The van der Waals surface area contributed by atoms with E-state index in [1.807, 2.05) is 31.2 Å². The van der Waals surface area contributed by atoms with Crippen molar-refractivity contribution in [3.05, 3.63) is 42.0 Å². The van der Waals surface area contributed by atoms with E-state index in [0.717, 1.165) is 12.1 Å². The molecule has 0 saturated heterocycles. The Hall–Kier alpha value is -1.17. The molecule has 1 aromatic rings. The van der Waals surface area contributed by atoms with E-state index in [2.05, 4.69) is 10.0 Å². The Bertz CT molecular complexity index is 546. The number of nitrogens with one attached hydrogen (secondary N) is 2. The Morgan fingerprint density at radius 2 is 1.95 bits per heavy atom. The van der Waals surface area contributed by atoms with Crippen LogP contribution in [-0.2, 0) is 16.6 Å². The Balaban J connectivity index is 1.89. The third-order valence-electron chi connectivity index (χ3n) is 3.24. The average Bonchev–Trinajstić information content (AvgIpc) is 3.26. The quantitative estimate of drug-likeness (QED) is 0.571. The van der Waals surface area contributed by atoms with Crippen LogP contribution < -0.4 is 10.0 Å². The third kappa shape index (κ3) is 4.74. The van der Waals surface area contributed by atoms with Crippen LogP contribution in [0.25, 0.3) is 0 Å². The smallest absolute Gasteiger partial charge is 0.240 e. The first-order chi connectivity index (χ1) is 9.62. The predicted octanol–water partition coefficient (Wildman–Crippen LogP) is 2.18. The molecule has 0 bridgehead atoms. The number of allylic oxidation sites excluding steroid dienone is 1. The Morgan fingerprint density at radius 1 is 1.25 bits per heavy atom. The molecule has 20 heavy (non-hydrogen) atoms. The largest absolute Gasteiger partial charge is 0.310 e. The summed E-state index contributed by atoms with van der Waals surface area (Å²) in [7, 11) is -3.38. The molecule has 2 N–H and O–H groups in total. The molecule has 0 heterocycles. The second-order valence-electron chi connectivity index (χ2n) is 5.05. The number of sulfonamides is 1. The molecule has 1 saturated carbocycles. The molecule has 0 amide bonds. The van der Waals surface area contributed by atoms with Crippen LogP contribution in [0.5, 0.6) is 0 Å². The first kappa shape index (κ1) is 15.2. The van der Waals surface area contributed by atoms with E-state index in [1.165, 1.54) is 12.8 Å². The summed E-state index contributed by atoms with van der Waals surface area (Å²) < 4.78 is 26.7. The Kier molecular flexibility index (Phi) is 5.34. The molecular formula is C15H22N2O2S. The molecule has 2 rings (SSSR count). The van der Waals surface area contributed by atoms with Crippen LogP contribution in [0.15, 0.2) is 41.3 Å². The first-order valence-corrected chi connectivity index (χ1v) is 8.53. The maximum atomic E-state index is 12.0. The predicted molar refractivity (Wildman–Crippen MR) is 80.9 cm³/mol. The fraction of sp³-hybridized carbons (Fsp3) is 0.467. The minimum absolute atomic E-state index is 0.327. The summed E-state index contributed by atoms with van der Waals surface area (Å²) in [6.07, 6.45) is 7.06. The molecule has 110 valence electrons. The summed E-state index contributed by atoms with van der Waals surface area (Å²) in [6, 6.07) is 7.74. The molecule has 5 heteroatoms. The summed E-state index contributed by atoms with van der Waals surface area (Å²) in [4.78, 5) is 0.327. The first-order valence-electron chi connectivity index (χ1n) is 7.05. The summed E-state index contributed by atoms with van der Waals surface area (Å²) in [5.74, 6) is 0. The van der Waals surface area contributed by atoms with Crippen molar-refractivity contribution in [1.82, 2.24) is 10.0 Å². The minimum Gasteiger partial charge on any atom is -0.310 e. The Labute approximate surface area is 121 Å². The van der Waals surface area contributed by atoms with Gasteiger partial charge in [-0.25, -0.2) is 13.1 Å². The van der Waals surface area contributed by atoms with Gasteiger partial charge in [0.15, 0.2) is 0 Å². The summed E-state index contributed by atoms with van der Waals surface area (Å²) in [5, 5.41) is 3.41. The molecule has 0 aliphatic heterocycles. The molecule has 0 radical (unpaired) electrons. The summed E-state index contributed by atoms with van der Waals surface area (Å²) >= 11 is 0. The summed E-state index contributed by atoms with van der Waals surface area (Å²) in [6.45, 7) is 3.15. The van der Waals surface area contributed by atoms with Crippen molar-refractivity contribution in [2.24, 2.45) is 0 Å². The molecule has 0 aromatic heterocycles. The van der Waals surface area contributed by atoms with Gasteiger partial charge in [-0.1, -0.05) is 24.3 Å². The highest BCUT2D eigenvalue weighted by molar-refractivity contribution is 7.89. The van der Waals surface area contributed by atoms with Crippen molar-refractivity contribution in [2.45, 2.75) is 43.7 Å². The van der Waals surface area contributed by atoms with Crippen molar-refractivity contribution in [3.63, 3.8) is 0 Å². The van der Waals surface area contributed by atoms with Crippen LogP contribution in [0.4, 0.5) is 0 Å². The maximum Gasteiger partial charge on any atom is 0.240 e. The van der Waals surface area contributed by atoms with Crippen LogP contribution >= 0.6 is 0 Å². The molecular weight excluding hydrogens is 272 g/mol. The van der Waals surface area contributed by atoms with Gasteiger partial charge >= 0.3 is 0 Å². The summed E-state index contributed by atoms with van der Waals surface area (Å²) in [5.41, 5.74) is 1.12. The van der Waals surface area contributed by atoms with E-state index in [-0.39, 0.29) is 0 Å². The van der Waals surface area contributed by atoms with Crippen molar-refractivity contribution >= 4 is 10.0 Å². The lowest BCUT2D eigenvalue weighted by atomic mass is 10.2. The van der Waals surface area contributed by atoms with Crippen molar-refractivity contribution in [3.8, 4) is 0 Å². The third-order valence-corrected chi connectivity index (χ3v) is 4.72. The van der Waals surface area contributed by atoms with Gasteiger partial charge < -0.3 is 5.32 Å². The second kappa shape index (κ2) is 7.02. The van der Waals surface area contributed by atoms with E-state index >= 15 is 0 Å². The van der Waals surface area contributed by atoms with Crippen LogP contribution in [0.3, 0.4) is 0 Å². The van der Waals surface area contributed by atoms with Crippen molar-refractivity contribution in [1.29, 1.82) is 0 Å². The fourth-order valence-corrected chi connectivity index (χ4v) is 2.91. The number of hydrogen-bond donors (Lipinski definition) is 2. The van der Waals surface area contributed by atoms with Crippen LogP contribution in [0.1, 0.15) is 31.7 Å². The van der Waals surface area contributed by atoms with E-state index < -0.39 is 10.0 Å². The van der Waals surface area contributed by atoms with Crippen LogP contribution in [-0.4, -0.2) is 21.0 Å². The van der Waals surface area contributed by atoms with Gasteiger partial charge in [-0.3, -0.25) is 0 Å². The minimum atomic E-state index is -3.38. The zero-order chi connectivity index (χ0) is 14.4. The zero-order valence-corrected chi connectivity index (χ0v) is 12.6. The lowest BCUT2D eigenvalue weighted by Crippen LogP contribution is -2.24. The molecule has 0 atom stereocenters. The topological polar surface area (TPSA) is 58.2 Å². The normalized spacial score (nSPS) is 15.8. The molecule has 1 fully saturated rings. The highest BCUT2D eigenvalue weighted by atomic mass is 32.2. The van der Waals surface area contributed by atoms with E-state index in [4.69, 9.17) is 0 Å². The van der Waals surface area contributed by atoms with Gasteiger partial charge in [0, 0.05) is 19.1 Å². The maximum absolute atomic E-state index is 12.0. The van der Waals surface area contributed by atoms with E-state index in [0.29, 0.717) is 23.9 Å². The fourth-order valence-electron chi connectivity index (χ4n) is 1.86. The van der Waals surface area contributed by atoms with Gasteiger partial charge in [-0.15, -0.1) is 0 Å². The van der Waals surface area contributed by atoms with Gasteiger partial charge in [0.05, 0.1) is 4.90 Å². The van der Waals surface area contributed by atoms with Crippen LogP contribution in [0, 0.1) is 0 Å². The lowest BCUT2D eigenvalue weighted by Gasteiger charge is -2.07. The van der Waals surface area contributed by atoms with Gasteiger partial charge in [-0.05, 0) is 43.9 Å². The molecule has 4 nitrogen and oxygen atoms in total. The molecule has 0 spiro atoms. The monoisotopic (exact) mass is 294 g/mol. The average molecular weight is 294 g/mol. The number of hydrogen-bond acceptors (Lipinski definition) is 3.